The molecule has 1 aliphatic rings. The lowest BCUT2D eigenvalue weighted by Gasteiger charge is -2.37. The molecule has 2 N–H and O–H groups in total. The van der Waals surface area contributed by atoms with E-state index in [9.17, 15) is 17.6 Å². The Kier molecular flexibility index (Phi) is 6.24. The average molecular weight is 406 g/mol. The number of ketones is 1. The van der Waals surface area contributed by atoms with Gasteiger partial charge in [-0.25, -0.2) is 17.5 Å². The fourth-order valence-electron chi connectivity index (χ4n) is 3.19. The summed E-state index contributed by atoms with van der Waals surface area (Å²) in [7, 11) is -3.68. The minimum absolute atomic E-state index is 0.0327. The number of hydrogen-bond donors (Lipinski definition) is 2. The standard InChI is InChI=1S/C20H23FN2O4S/c1-14-9-16(15-5-3-2-4-6-15)10-18(20(14)21)19(25)11-22-28(26,27)17-12-23(13-17)7-8-24/h2-6,9-10,17,22,24H,7-8,11-13H2,1H3. The lowest BCUT2D eigenvalue weighted by molar-refractivity contribution is 0.0992. The molecule has 0 radical (unpaired) electrons. The number of halogens is 1. The van der Waals surface area contributed by atoms with Gasteiger partial charge in [0.15, 0.2) is 5.78 Å². The zero-order chi connectivity index (χ0) is 20.3. The maximum atomic E-state index is 14.5. The van der Waals surface area contributed by atoms with Crippen molar-refractivity contribution in [1.29, 1.82) is 0 Å². The average Bonchev–Trinajstić information content (AvgIpc) is 2.65. The number of nitrogens with zero attached hydrogens (tertiary/aromatic N) is 1. The van der Waals surface area contributed by atoms with E-state index in [-0.39, 0.29) is 12.2 Å². The summed E-state index contributed by atoms with van der Waals surface area (Å²) >= 11 is 0. The Hall–Kier alpha value is -2.13. The molecule has 1 fully saturated rings. The Morgan fingerprint density at radius 3 is 2.54 bits per heavy atom. The SMILES string of the molecule is Cc1cc(-c2ccccc2)cc(C(=O)CNS(=O)(=O)C2CN(CCO)C2)c1F. The van der Waals surface area contributed by atoms with Crippen molar-refractivity contribution in [2.75, 3.05) is 32.8 Å². The number of aryl methyl sites for hydroxylation is 1. The van der Waals surface area contributed by atoms with Gasteiger partial charge in [0.1, 0.15) is 11.1 Å². The van der Waals surface area contributed by atoms with E-state index in [1.54, 1.807) is 17.9 Å². The number of benzene rings is 2. The number of hydrogen-bond acceptors (Lipinski definition) is 5. The van der Waals surface area contributed by atoms with Crippen molar-refractivity contribution in [2.45, 2.75) is 12.2 Å². The Balaban J connectivity index is 1.72. The third kappa shape index (κ3) is 4.47. The van der Waals surface area contributed by atoms with Gasteiger partial charge < -0.3 is 5.11 Å². The number of β-amino-alcohol motifs (C(OH)–C–C–N with tert-alkyl or cyclic N) is 1. The maximum absolute atomic E-state index is 14.5. The molecule has 0 amide bonds. The van der Waals surface area contributed by atoms with Gasteiger partial charge in [0.25, 0.3) is 0 Å². The van der Waals surface area contributed by atoms with Gasteiger partial charge in [-0.05, 0) is 35.7 Å². The van der Waals surface area contributed by atoms with Crippen LogP contribution in [0.3, 0.4) is 0 Å². The Bertz CT molecular complexity index is 958. The number of aliphatic hydroxyl groups excluding tert-OH is 1. The molecule has 3 rings (SSSR count). The quantitative estimate of drug-likeness (QED) is 0.650. The molecule has 6 nitrogen and oxygen atoms in total. The minimum atomic E-state index is -3.68. The first-order valence-corrected chi connectivity index (χ1v) is 10.6. The second kappa shape index (κ2) is 8.48. The number of likely N-dealkylation sites (tertiary alicyclic amines) is 1. The van der Waals surface area contributed by atoms with Gasteiger partial charge in [0, 0.05) is 19.6 Å². The molecule has 0 spiro atoms. The molecule has 2 aromatic carbocycles. The van der Waals surface area contributed by atoms with Gasteiger partial charge in [0.05, 0.1) is 18.7 Å². The van der Waals surface area contributed by atoms with E-state index in [1.165, 1.54) is 6.07 Å². The van der Waals surface area contributed by atoms with E-state index in [2.05, 4.69) is 4.72 Å². The number of carbonyl (C=O) groups excluding carboxylic acids is 1. The smallest absolute Gasteiger partial charge is 0.217 e. The summed E-state index contributed by atoms with van der Waals surface area (Å²) in [6, 6.07) is 12.4. The fourth-order valence-corrected chi connectivity index (χ4v) is 4.57. The first kappa shape index (κ1) is 20.6. The molecule has 0 bridgehead atoms. The van der Waals surface area contributed by atoms with Crippen LogP contribution in [0.25, 0.3) is 11.1 Å². The molecule has 0 aliphatic carbocycles. The van der Waals surface area contributed by atoms with Crippen molar-refractivity contribution in [1.82, 2.24) is 9.62 Å². The fraction of sp³-hybridized carbons (Fsp3) is 0.350. The largest absolute Gasteiger partial charge is 0.395 e. The maximum Gasteiger partial charge on any atom is 0.217 e. The van der Waals surface area contributed by atoms with Crippen LogP contribution in [-0.2, 0) is 10.0 Å². The number of nitrogens with one attached hydrogen (secondary N) is 1. The monoisotopic (exact) mass is 406 g/mol. The van der Waals surface area contributed by atoms with Gasteiger partial charge in [-0.1, -0.05) is 30.3 Å². The van der Waals surface area contributed by atoms with Crippen LogP contribution in [0, 0.1) is 12.7 Å². The van der Waals surface area contributed by atoms with Crippen LogP contribution in [0.4, 0.5) is 4.39 Å². The summed E-state index contributed by atoms with van der Waals surface area (Å²) in [6.07, 6.45) is 0. The molecule has 0 saturated carbocycles. The van der Waals surface area contributed by atoms with Crippen molar-refractivity contribution in [3.63, 3.8) is 0 Å². The number of Topliss-reactive ketones (excluding diaryl/α,β-unsaturated/α-hetero) is 1. The van der Waals surface area contributed by atoms with Crippen molar-refractivity contribution < 1.29 is 22.7 Å². The summed E-state index contributed by atoms with van der Waals surface area (Å²) in [5, 5.41) is 8.23. The summed E-state index contributed by atoms with van der Waals surface area (Å²) < 4.78 is 41.4. The predicted molar refractivity (Wildman–Crippen MR) is 105 cm³/mol. The van der Waals surface area contributed by atoms with Crippen LogP contribution < -0.4 is 4.72 Å². The van der Waals surface area contributed by atoms with Gasteiger partial charge in [-0.3, -0.25) is 9.69 Å². The number of rotatable bonds is 8. The number of carbonyl (C=O) groups is 1. The van der Waals surface area contributed by atoms with Crippen molar-refractivity contribution in [3.8, 4) is 11.1 Å². The van der Waals surface area contributed by atoms with Gasteiger partial charge in [0.2, 0.25) is 10.0 Å². The molecule has 0 atom stereocenters. The highest BCUT2D eigenvalue weighted by atomic mass is 32.2. The number of sulfonamides is 1. The third-order valence-electron chi connectivity index (χ3n) is 4.87. The van der Waals surface area contributed by atoms with E-state index in [1.807, 2.05) is 30.3 Å². The summed E-state index contributed by atoms with van der Waals surface area (Å²) in [5.74, 6) is -1.25. The molecular weight excluding hydrogens is 383 g/mol. The van der Waals surface area contributed by atoms with Crippen LogP contribution in [0.2, 0.25) is 0 Å². The van der Waals surface area contributed by atoms with E-state index in [0.29, 0.717) is 30.8 Å². The lowest BCUT2D eigenvalue weighted by atomic mass is 9.98. The van der Waals surface area contributed by atoms with E-state index in [0.717, 1.165) is 5.56 Å². The van der Waals surface area contributed by atoms with Crippen LogP contribution >= 0.6 is 0 Å². The van der Waals surface area contributed by atoms with Gasteiger partial charge in [-0.2, -0.15) is 0 Å². The van der Waals surface area contributed by atoms with E-state index in [4.69, 9.17) is 5.11 Å². The second-order valence-electron chi connectivity index (χ2n) is 6.92. The zero-order valence-electron chi connectivity index (χ0n) is 15.6. The lowest BCUT2D eigenvalue weighted by Crippen LogP contribution is -2.58. The summed E-state index contributed by atoms with van der Waals surface area (Å²) in [4.78, 5) is 14.3. The topological polar surface area (TPSA) is 86.7 Å². The molecular formula is C20H23FN2O4S. The predicted octanol–water partition coefficient (Wildman–Crippen LogP) is 1.58. The van der Waals surface area contributed by atoms with Crippen LogP contribution in [0.15, 0.2) is 42.5 Å². The number of aliphatic hydroxyl groups is 1. The summed E-state index contributed by atoms with van der Waals surface area (Å²) in [6.45, 7) is 2.08. The highest BCUT2D eigenvalue weighted by molar-refractivity contribution is 7.90. The highest BCUT2D eigenvalue weighted by Gasteiger charge is 2.37. The Morgan fingerprint density at radius 2 is 1.89 bits per heavy atom. The molecule has 2 aromatic rings. The normalized spacial score (nSPS) is 15.4. The molecule has 0 unspecified atom stereocenters. The van der Waals surface area contributed by atoms with Gasteiger partial charge in [-0.15, -0.1) is 0 Å². The Labute approximate surface area is 164 Å². The van der Waals surface area contributed by atoms with Crippen molar-refractivity contribution in [3.05, 3.63) is 59.4 Å². The zero-order valence-corrected chi connectivity index (χ0v) is 16.4. The first-order valence-electron chi connectivity index (χ1n) is 9.02. The first-order chi connectivity index (χ1) is 13.3. The Morgan fingerprint density at radius 1 is 1.21 bits per heavy atom. The van der Waals surface area contributed by atoms with Crippen molar-refractivity contribution in [2.24, 2.45) is 0 Å². The molecule has 150 valence electrons. The highest BCUT2D eigenvalue weighted by Crippen LogP contribution is 2.25. The van der Waals surface area contributed by atoms with Crippen LogP contribution in [0.1, 0.15) is 15.9 Å². The van der Waals surface area contributed by atoms with Crippen molar-refractivity contribution >= 4 is 15.8 Å². The molecule has 1 heterocycles. The van der Waals surface area contributed by atoms with Crippen LogP contribution in [0.5, 0.6) is 0 Å². The van der Waals surface area contributed by atoms with E-state index >= 15 is 0 Å². The second-order valence-corrected chi connectivity index (χ2v) is 8.96. The van der Waals surface area contributed by atoms with Gasteiger partial charge >= 0.3 is 0 Å². The molecule has 1 aliphatic heterocycles. The van der Waals surface area contributed by atoms with Crippen LogP contribution in [-0.4, -0.2) is 62.2 Å². The minimum Gasteiger partial charge on any atom is -0.395 e. The van der Waals surface area contributed by atoms with E-state index < -0.39 is 33.4 Å². The third-order valence-corrected chi connectivity index (χ3v) is 6.60. The molecule has 0 aromatic heterocycles. The summed E-state index contributed by atoms with van der Waals surface area (Å²) in [5.41, 5.74) is 1.74. The molecule has 1 saturated heterocycles. The molecule has 28 heavy (non-hydrogen) atoms. The molecule has 8 heteroatoms.